The predicted molar refractivity (Wildman–Crippen MR) is 82.8 cm³/mol. The monoisotopic (exact) mass is 312 g/mol. The Morgan fingerprint density at radius 2 is 2.00 bits per heavy atom. The molecule has 20 heavy (non-hydrogen) atoms. The van der Waals surface area contributed by atoms with E-state index in [2.05, 4.69) is 24.5 Å². The highest BCUT2D eigenvalue weighted by molar-refractivity contribution is 7.12. The van der Waals surface area contributed by atoms with E-state index in [1.165, 1.54) is 4.88 Å². The Hall–Kier alpha value is -1.27. The number of methoxy groups -OCH3 is 2. The molecule has 0 aliphatic rings. The minimum Gasteiger partial charge on any atom is -0.493 e. The zero-order chi connectivity index (χ0) is 14.7. The van der Waals surface area contributed by atoms with E-state index in [9.17, 15) is 0 Å². The van der Waals surface area contributed by atoms with Crippen molar-refractivity contribution >= 4 is 22.9 Å². The Balaban J connectivity index is 2.47. The van der Waals surface area contributed by atoms with Gasteiger partial charge in [0.25, 0.3) is 0 Å². The van der Waals surface area contributed by atoms with Crippen LogP contribution in [0, 0.1) is 6.92 Å². The number of nitrogens with one attached hydrogen (secondary N) is 1. The van der Waals surface area contributed by atoms with E-state index in [4.69, 9.17) is 26.9 Å². The van der Waals surface area contributed by atoms with E-state index in [0.29, 0.717) is 16.5 Å². The summed E-state index contributed by atoms with van der Waals surface area (Å²) >= 11 is 7.92. The van der Waals surface area contributed by atoms with E-state index in [1.807, 2.05) is 12.1 Å². The molecular formula is C14H17ClN2O2S. The molecule has 4 nitrogen and oxygen atoms in total. The van der Waals surface area contributed by atoms with Gasteiger partial charge in [0.1, 0.15) is 0 Å². The maximum atomic E-state index is 6.24. The quantitative estimate of drug-likeness (QED) is 0.657. The highest BCUT2D eigenvalue weighted by atomic mass is 35.5. The lowest BCUT2D eigenvalue weighted by atomic mass is 10.1. The third-order valence-electron chi connectivity index (χ3n) is 3.00. The molecule has 0 aliphatic heterocycles. The number of nitrogens with two attached hydrogens (primary N) is 1. The fourth-order valence-corrected chi connectivity index (χ4v) is 3.32. The third kappa shape index (κ3) is 2.91. The SMILES string of the molecule is COc1cc(C(NN)c2ccc(C)s2)cc(Cl)c1OC. The molecule has 0 saturated heterocycles. The summed E-state index contributed by atoms with van der Waals surface area (Å²) in [5.41, 5.74) is 3.75. The molecule has 1 heterocycles. The van der Waals surface area contributed by atoms with E-state index in [1.54, 1.807) is 25.6 Å². The van der Waals surface area contributed by atoms with Crippen LogP contribution in [0.5, 0.6) is 11.5 Å². The van der Waals surface area contributed by atoms with Crippen molar-refractivity contribution in [2.75, 3.05) is 14.2 Å². The van der Waals surface area contributed by atoms with E-state index in [0.717, 1.165) is 10.4 Å². The van der Waals surface area contributed by atoms with Gasteiger partial charge >= 0.3 is 0 Å². The summed E-state index contributed by atoms with van der Waals surface area (Å²) in [6, 6.07) is 7.69. The van der Waals surface area contributed by atoms with Crippen LogP contribution in [0.2, 0.25) is 5.02 Å². The van der Waals surface area contributed by atoms with Crippen molar-refractivity contribution in [2.45, 2.75) is 13.0 Å². The van der Waals surface area contributed by atoms with Gasteiger partial charge in [0, 0.05) is 9.75 Å². The molecule has 0 aliphatic carbocycles. The molecule has 0 radical (unpaired) electrons. The average Bonchev–Trinajstić information content (AvgIpc) is 2.85. The summed E-state index contributed by atoms with van der Waals surface area (Å²) < 4.78 is 10.6. The number of hydrogen-bond donors (Lipinski definition) is 2. The molecule has 0 spiro atoms. The third-order valence-corrected chi connectivity index (χ3v) is 4.35. The zero-order valence-electron chi connectivity index (χ0n) is 11.6. The summed E-state index contributed by atoms with van der Waals surface area (Å²) in [6.45, 7) is 2.06. The normalized spacial score (nSPS) is 12.2. The van der Waals surface area contributed by atoms with Crippen LogP contribution in [0.15, 0.2) is 24.3 Å². The van der Waals surface area contributed by atoms with Gasteiger partial charge in [-0.05, 0) is 36.8 Å². The first-order chi connectivity index (χ1) is 9.60. The second-order valence-corrected chi connectivity index (χ2v) is 6.01. The number of hydrazine groups is 1. The zero-order valence-corrected chi connectivity index (χ0v) is 13.1. The van der Waals surface area contributed by atoms with Gasteiger partial charge in [-0.15, -0.1) is 11.3 Å². The Bertz CT molecular complexity index is 601. The molecule has 2 aromatic rings. The first-order valence-corrected chi connectivity index (χ1v) is 7.24. The lowest BCUT2D eigenvalue weighted by Crippen LogP contribution is -2.28. The van der Waals surface area contributed by atoms with Crippen molar-refractivity contribution in [1.82, 2.24) is 5.43 Å². The average molecular weight is 313 g/mol. The molecule has 6 heteroatoms. The van der Waals surface area contributed by atoms with Crippen LogP contribution < -0.4 is 20.7 Å². The van der Waals surface area contributed by atoms with Crippen LogP contribution in [0.1, 0.15) is 21.4 Å². The van der Waals surface area contributed by atoms with Crippen molar-refractivity contribution in [3.8, 4) is 11.5 Å². The smallest absolute Gasteiger partial charge is 0.179 e. The van der Waals surface area contributed by atoms with Crippen molar-refractivity contribution < 1.29 is 9.47 Å². The maximum absolute atomic E-state index is 6.24. The van der Waals surface area contributed by atoms with Gasteiger partial charge in [0.2, 0.25) is 0 Å². The van der Waals surface area contributed by atoms with Gasteiger partial charge in [-0.25, -0.2) is 5.43 Å². The highest BCUT2D eigenvalue weighted by Crippen LogP contribution is 2.39. The van der Waals surface area contributed by atoms with Gasteiger partial charge in [-0.2, -0.15) is 0 Å². The molecule has 0 fully saturated rings. The predicted octanol–water partition coefficient (Wildman–Crippen LogP) is 3.28. The maximum Gasteiger partial charge on any atom is 0.179 e. The number of thiophene rings is 1. The number of hydrogen-bond acceptors (Lipinski definition) is 5. The first kappa shape index (κ1) is 15.1. The van der Waals surface area contributed by atoms with Gasteiger partial charge in [0.15, 0.2) is 11.5 Å². The van der Waals surface area contributed by atoms with Crippen LogP contribution >= 0.6 is 22.9 Å². The second-order valence-electron chi connectivity index (χ2n) is 4.29. The molecule has 1 aromatic carbocycles. The largest absolute Gasteiger partial charge is 0.493 e. The molecule has 1 atom stereocenters. The fraction of sp³-hybridized carbons (Fsp3) is 0.286. The van der Waals surface area contributed by atoms with Crippen LogP contribution in [0.4, 0.5) is 0 Å². The Morgan fingerprint density at radius 1 is 1.25 bits per heavy atom. The van der Waals surface area contributed by atoms with Crippen molar-refractivity contribution in [3.63, 3.8) is 0 Å². The Morgan fingerprint density at radius 3 is 2.50 bits per heavy atom. The number of aryl methyl sites for hydroxylation is 1. The van der Waals surface area contributed by atoms with Gasteiger partial charge in [-0.3, -0.25) is 5.84 Å². The van der Waals surface area contributed by atoms with E-state index < -0.39 is 0 Å². The van der Waals surface area contributed by atoms with Crippen molar-refractivity contribution in [1.29, 1.82) is 0 Å². The number of halogens is 1. The fourth-order valence-electron chi connectivity index (χ4n) is 2.06. The topological polar surface area (TPSA) is 56.5 Å². The van der Waals surface area contributed by atoms with Crippen molar-refractivity contribution in [2.24, 2.45) is 5.84 Å². The van der Waals surface area contributed by atoms with E-state index in [-0.39, 0.29) is 6.04 Å². The molecular weight excluding hydrogens is 296 g/mol. The van der Waals surface area contributed by atoms with Crippen molar-refractivity contribution in [3.05, 3.63) is 44.6 Å². The summed E-state index contributed by atoms with van der Waals surface area (Å²) in [6.07, 6.45) is 0. The molecule has 3 N–H and O–H groups in total. The molecule has 0 bridgehead atoms. The van der Waals surface area contributed by atoms with E-state index >= 15 is 0 Å². The molecule has 2 rings (SSSR count). The Labute approximate surface area is 127 Å². The van der Waals surface area contributed by atoms with Gasteiger partial charge < -0.3 is 9.47 Å². The number of benzene rings is 1. The van der Waals surface area contributed by atoms with Crippen LogP contribution in [0.3, 0.4) is 0 Å². The lowest BCUT2D eigenvalue weighted by Gasteiger charge is -2.18. The number of ether oxygens (including phenoxy) is 2. The Kier molecular flexibility index (Phi) is 4.88. The minimum atomic E-state index is -0.133. The summed E-state index contributed by atoms with van der Waals surface area (Å²) in [4.78, 5) is 2.35. The molecule has 0 amide bonds. The molecule has 1 aromatic heterocycles. The van der Waals surface area contributed by atoms with Gasteiger partial charge in [-0.1, -0.05) is 11.6 Å². The minimum absolute atomic E-state index is 0.133. The molecule has 1 unspecified atom stereocenters. The van der Waals surface area contributed by atoms with Gasteiger partial charge in [0.05, 0.1) is 25.3 Å². The molecule has 108 valence electrons. The first-order valence-electron chi connectivity index (χ1n) is 6.04. The summed E-state index contributed by atoms with van der Waals surface area (Å²) in [5, 5.41) is 0.496. The standard InChI is InChI=1S/C14H17ClN2O2S/c1-8-4-5-12(20-8)13(17-16)9-6-10(15)14(19-3)11(7-9)18-2/h4-7,13,17H,16H2,1-3H3. The summed E-state index contributed by atoms with van der Waals surface area (Å²) in [5.74, 6) is 6.81. The molecule has 0 saturated carbocycles. The second kappa shape index (κ2) is 6.45. The van der Waals surface area contributed by atoms with Crippen LogP contribution in [-0.2, 0) is 0 Å². The highest BCUT2D eigenvalue weighted by Gasteiger charge is 2.19. The van der Waals surface area contributed by atoms with Crippen LogP contribution in [0.25, 0.3) is 0 Å². The number of rotatable bonds is 5. The van der Waals surface area contributed by atoms with Crippen LogP contribution in [-0.4, -0.2) is 14.2 Å². The summed E-state index contributed by atoms with van der Waals surface area (Å²) in [7, 11) is 3.14. The lowest BCUT2D eigenvalue weighted by molar-refractivity contribution is 0.354.